The zero-order chi connectivity index (χ0) is 19.0. The Balaban J connectivity index is 0.00000225. The predicted octanol–water partition coefficient (Wildman–Crippen LogP) is 0.779. The topological polar surface area (TPSA) is 40.8 Å². The van der Waals surface area contributed by atoms with E-state index in [1.807, 2.05) is 19.1 Å². The number of halogens is 1. The Kier molecular flexibility index (Phi) is 5.84. The highest BCUT2D eigenvalue weighted by Crippen LogP contribution is 2.39. The van der Waals surface area contributed by atoms with Crippen LogP contribution in [0.4, 0.5) is 0 Å². The van der Waals surface area contributed by atoms with Crippen LogP contribution in [0, 0.1) is 0 Å². The standard InChI is InChI=1S/C22H24NO4.ClH/c1-5-27-22-9-14-6-7-23-13-16-11-20(25-3)19(24-2)10-15(16)8-18(23)17(14)12-21(22)26-4;/h8-13H,5-7H2,1-4H3;1H/q+1;/p-1. The summed E-state index contributed by atoms with van der Waals surface area (Å²) < 4.78 is 24.5. The van der Waals surface area contributed by atoms with Crippen molar-refractivity contribution in [3.8, 4) is 34.3 Å². The molecule has 1 aromatic heterocycles. The van der Waals surface area contributed by atoms with Crippen LogP contribution in [0.15, 0.2) is 36.5 Å². The Morgan fingerprint density at radius 3 is 2.11 bits per heavy atom. The van der Waals surface area contributed by atoms with Gasteiger partial charge in [-0.05, 0) is 42.1 Å². The van der Waals surface area contributed by atoms with Gasteiger partial charge in [-0.3, -0.25) is 0 Å². The molecule has 0 spiro atoms. The minimum atomic E-state index is 0. The number of nitrogens with zero attached hydrogens (tertiary/aromatic N) is 1. The summed E-state index contributed by atoms with van der Waals surface area (Å²) in [4.78, 5) is 0. The van der Waals surface area contributed by atoms with Crippen molar-refractivity contribution in [1.29, 1.82) is 0 Å². The smallest absolute Gasteiger partial charge is 0.213 e. The Bertz CT molecular complexity index is 1020. The summed E-state index contributed by atoms with van der Waals surface area (Å²) in [7, 11) is 5.00. The van der Waals surface area contributed by atoms with Crippen LogP contribution in [-0.4, -0.2) is 27.9 Å². The summed E-state index contributed by atoms with van der Waals surface area (Å²) in [6.07, 6.45) is 3.13. The zero-order valence-corrected chi connectivity index (χ0v) is 17.3. The number of pyridine rings is 1. The first-order valence-electron chi connectivity index (χ1n) is 9.11. The third kappa shape index (κ3) is 3.31. The first-order chi connectivity index (χ1) is 13.2. The highest BCUT2D eigenvalue weighted by Gasteiger charge is 2.26. The van der Waals surface area contributed by atoms with E-state index in [2.05, 4.69) is 29.0 Å². The Hall–Kier alpha value is -2.66. The summed E-state index contributed by atoms with van der Waals surface area (Å²) in [6, 6.07) is 10.4. The molecule has 2 heterocycles. The first-order valence-corrected chi connectivity index (χ1v) is 9.11. The highest BCUT2D eigenvalue weighted by atomic mass is 35.5. The lowest BCUT2D eigenvalue weighted by Gasteiger charge is -2.19. The maximum atomic E-state index is 5.75. The van der Waals surface area contributed by atoms with E-state index in [0.717, 1.165) is 52.4 Å². The van der Waals surface area contributed by atoms with Crippen LogP contribution >= 0.6 is 0 Å². The molecule has 0 fully saturated rings. The van der Waals surface area contributed by atoms with Gasteiger partial charge in [0, 0.05) is 17.9 Å². The van der Waals surface area contributed by atoms with Gasteiger partial charge >= 0.3 is 0 Å². The molecule has 1 aliphatic rings. The number of methoxy groups -OCH3 is 3. The fourth-order valence-electron chi connectivity index (χ4n) is 3.75. The molecule has 0 bridgehead atoms. The van der Waals surface area contributed by atoms with Crippen molar-refractivity contribution in [2.75, 3.05) is 27.9 Å². The predicted molar refractivity (Wildman–Crippen MR) is 104 cm³/mol. The number of fused-ring (bicyclic) bond motifs is 4. The molecule has 28 heavy (non-hydrogen) atoms. The average Bonchev–Trinajstić information content (AvgIpc) is 2.70. The van der Waals surface area contributed by atoms with E-state index in [-0.39, 0.29) is 12.4 Å². The van der Waals surface area contributed by atoms with Gasteiger partial charge in [-0.15, -0.1) is 0 Å². The molecule has 2 aromatic carbocycles. The van der Waals surface area contributed by atoms with E-state index in [1.165, 1.54) is 11.1 Å². The van der Waals surface area contributed by atoms with E-state index in [9.17, 15) is 0 Å². The molecule has 0 aliphatic carbocycles. The van der Waals surface area contributed by atoms with Gasteiger partial charge in [-0.25, -0.2) is 0 Å². The Morgan fingerprint density at radius 2 is 1.46 bits per heavy atom. The van der Waals surface area contributed by atoms with Crippen molar-refractivity contribution in [3.05, 3.63) is 42.1 Å². The maximum Gasteiger partial charge on any atom is 0.213 e. The highest BCUT2D eigenvalue weighted by molar-refractivity contribution is 5.87. The van der Waals surface area contributed by atoms with Gasteiger partial charge in [0.25, 0.3) is 0 Å². The van der Waals surface area contributed by atoms with Crippen molar-refractivity contribution in [1.82, 2.24) is 0 Å². The van der Waals surface area contributed by atoms with Crippen LogP contribution in [0.25, 0.3) is 22.0 Å². The third-order valence-electron chi connectivity index (χ3n) is 5.07. The number of hydrogen-bond acceptors (Lipinski definition) is 4. The largest absolute Gasteiger partial charge is 1.00 e. The van der Waals surface area contributed by atoms with Crippen molar-refractivity contribution in [2.24, 2.45) is 0 Å². The number of hydrogen-bond donors (Lipinski definition) is 0. The quantitative estimate of drug-likeness (QED) is 0.592. The molecule has 0 amide bonds. The minimum Gasteiger partial charge on any atom is -1.00 e. The van der Waals surface area contributed by atoms with Gasteiger partial charge in [-0.2, -0.15) is 4.57 Å². The summed E-state index contributed by atoms with van der Waals surface area (Å²) in [5.41, 5.74) is 3.62. The lowest BCUT2D eigenvalue weighted by Crippen LogP contribution is -3.00. The van der Waals surface area contributed by atoms with E-state index in [4.69, 9.17) is 18.9 Å². The SMILES string of the molecule is CCOc1cc2c(cc1OC)-c1cc3cc(OC)c(OC)cc3c[n+]1CC2.[Cl-]. The average molecular weight is 402 g/mol. The van der Waals surface area contributed by atoms with Crippen molar-refractivity contribution in [3.63, 3.8) is 0 Å². The molecule has 5 nitrogen and oxygen atoms in total. The van der Waals surface area contributed by atoms with Crippen molar-refractivity contribution >= 4 is 10.8 Å². The second kappa shape index (κ2) is 8.15. The van der Waals surface area contributed by atoms with Crippen LogP contribution in [0.2, 0.25) is 0 Å². The maximum absolute atomic E-state index is 5.75. The molecule has 0 atom stereocenters. The number of benzene rings is 2. The van der Waals surface area contributed by atoms with Crippen LogP contribution in [0.5, 0.6) is 23.0 Å². The number of ether oxygens (including phenoxy) is 4. The first kappa shape index (κ1) is 20.1. The molecular weight excluding hydrogens is 378 g/mol. The second-order valence-electron chi connectivity index (χ2n) is 6.53. The molecule has 0 radical (unpaired) electrons. The van der Waals surface area contributed by atoms with E-state index in [0.29, 0.717) is 6.61 Å². The molecule has 6 heteroatoms. The normalized spacial score (nSPS) is 11.9. The third-order valence-corrected chi connectivity index (χ3v) is 5.07. The fourth-order valence-corrected chi connectivity index (χ4v) is 3.75. The molecule has 0 N–H and O–H groups in total. The monoisotopic (exact) mass is 401 g/mol. The molecular formula is C22H24ClNO4. The van der Waals surface area contributed by atoms with E-state index < -0.39 is 0 Å². The van der Waals surface area contributed by atoms with Crippen LogP contribution in [0.3, 0.4) is 0 Å². The van der Waals surface area contributed by atoms with E-state index >= 15 is 0 Å². The molecule has 0 saturated carbocycles. The summed E-state index contributed by atoms with van der Waals surface area (Å²) in [5, 5.41) is 2.23. The molecule has 148 valence electrons. The lowest BCUT2D eigenvalue weighted by atomic mass is 9.95. The van der Waals surface area contributed by atoms with Gasteiger partial charge in [0.1, 0.15) is 0 Å². The molecule has 0 unspecified atom stereocenters. The second-order valence-corrected chi connectivity index (χ2v) is 6.53. The number of aromatic nitrogens is 1. The Morgan fingerprint density at radius 1 is 0.821 bits per heavy atom. The van der Waals surface area contributed by atoms with Gasteiger partial charge in [0.05, 0.1) is 33.5 Å². The molecule has 4 rings (SSSR count). The number of aryl methyl sites for hydroxylation is 2. The Labute approximate surface area is 171 Å². The number of rotatable bonds is 5. The zero-order valence-electron chi connectivity index (χ0n) is 16.5. The van der Waals surface area contributed by atoms with Gasteiger partial charge < -0.3 is 31.4 Å². The van der Waals surface area contributed by atoms with Gasteiger partial charge in [-0.1, -0.05) is 0 Å². The van der Waals surface area contributed by atoms with Gasteiger partial charge in [0.2, 0.25) is 5.69 Å². The molecule has 0 saturated heterocycles. The van der Waals surface area contributed by atoms with E-state index in [1.54, 1.807) is 21.3 Å². The fraction of sp³-hybridized carbons (Fsp3) is 0.318. The summed E-state index contributed by atoms with van der Waals surface area (Å²) in [6.45, 7) is 3.52. The van der Waals surface area contributed by atoms with Crippen LogP contribution < -0.4 is 35.9 Å². The molecule has 1 aliphatic heterocycles. The van der Waals surface area contributed by atoms with Crippen molar-refractivity contribution in [2.45, 2.75) is 19.9 Å². The summed E-state index contributed by atoms with van der Waals surface area (Å²) >= 11 is 0. The van der Waals surface area contributed by atoms with Crippen molar-refractivity contribution < 1.29 is 35.9 Å². The van der Waals surface area contributed by atoms with Crippen LogP contribution in [-0.2, 0) is 13.0 Å². The van der Waals surface area contributed by atoms with Crippen LogP contribution in [0.1, 0.15) is 12.5 Å². The minimum absolute atomic E-state index is 0. The van der Waals surface area contributed by atoms with Gasteiger partial charge in [0.15, 0.2) is 35.7 Å². The lowest BCUT2D eigenvalue weighted by molar-refractivity contribution is -0.686. The molecule has 3 aromatic rings. The summed E-state index contributed by atoms with van der Waals surface area (Å²) in [5.74, 6) is 3.04.